The quantitative estimate of drug-likeness (QED) is 0.786. The van der Waals surface area contributed by atoms with E-state index >= 15 is 0 Å². The number of nitrogen functional groups attached to an aromatic ring is 1. The molecule has 1 rings (SSSR count). The second-order valence-electron chi connectivity index (χ2n) is 4.73. The van der Waals surface area contributed by atoms with E-state index in [1.165, 1.54) is 0 Å². The number of carbonyl (C=O) groups is 1. The Labute approximate surface area is 109 Å². The molecule has 18 heavy (non-hydrogen) atoms. The Morgan fingerprint density at radius 3 is 2.61 bits per heavy atom. The van der Waals surface area contributed by atoms with Gasteiger partial charge in [-0.1, -0.05) is 26.0 Å². The molecule has 1 aromatic carbocycles. The standard InChI is InChI=1S/C14H22N2O2/c1-11(2)10-16(8-9-18-3)14(17)12-6-4-5-7-13(12)15/h4-7,11H,8-10,15H2,1-3H3. The molecule has 0 radical (unpaired) electrons. The van der Waals surface area contributed by atoms with Crippen molar-refractivity contribution in [2.24, 2.45) is 5.92 Å². The van der Waals surface area contributed by atoms with Gasteiger partial charge in [-0.05, 0) is 18.1 Å². The molecule has 1 aromatic rings. The molecule has 0 fully saturated rings. The van der Waals surface area contributed by atoms with Crippen molar-refractivity contribution in [3.63, 3.8) is 0 Å². The lowest BCUT2D eigenvalue weighted by molar-refractivity contribution is 0.0673. The lowest BCUT2D eigenvalue weighted by atomic mass is 10.1. The Morgan fingerprint density at radius 2 is 2.06 bits per heavy atom. The Kier molecular flexibility index (Phi) is 5.65. The number of amides is 1. The zero-order chi connectivity index (χ0) is 13.5. The van der Waals surface area contributed by atoms with Crippen LogP contribution in [0.3, 0.4) is 0 Å². The predicted molar refractivity (Wildman–Crippen MR) is 73.5 cm³/mol. The molecule has 0 saturated heterocycles. The molecule has 100 valence electrons. The average molecular weight is 250 g/mol. The number of nitrogens with zero attached hydrogens (tertiary/aromatic N) is 1. The fourth-order valence-electron chi connectivity index (χ4n) is 1.78. The highest BCUT2D eigenvalue weighted by atomic mass is 16.5. The molecule has 4 nitrogen and oxygen atoms in total. The number of ether oxygens (including phenoxy) is 1. The van der Waals surface area contributed by atoms with E-state index in [-0.39, 0.29) is 5.91 Å². The van der Waals surface area contributed by atoms with Crippen LogP contribution in [0.5, 0.6) is 0 Å². The van der Waals surface area contributed by atoms with Crippen LogP contribution in [0.4, 0.5) is 5.69 Å². The summed E-state index contributed by atoms with van der Waals surface area (Å²) in [5.74, 6) is 0.384. The summed E-state index contributed by atoms with van der Waals surface area (Å²) in [5, 5.41) is 0. The van der Waals surface area contributed by atoms with Crippen LogP contribution in [0.1, 0.15) is 24.2 Å². The fourth-order valence-corrected chi connectivity index (χ4v) is 1.78. The Balaban J connectivity index is 2.84. The molecular formula is C14H22N2O2. The number of hydrogen-bond donors (Lipinski definition) is 1. The van der Waals surface area contributed by atoms with Crippen molar-refractivity contribution in [1.29, 1.82) is 0 Å². The van der Waals surface area contributed by atoms with Gasteiger partial charge in [-0.2, -0.15) is 0 Å². The topological polar surface area (TPSA) is 55.6 Å². The maximum Gasteiger partial charge on any atom is 0.256 e. The van der Waals surface area contributed by atoms with Crippen molar-refractivity contribution in [3.05, 3.63) is 29.8 Å². The summed E-state index contributed by atoms with van der Waals surface area (Å²) in [6, 6.07) is 7.16. The van der Waals surface area contributed by atoms with Gasteiger partial charge in [0.15, 0.2) is 0 Å². The van der Waals surface area contributed by atoms with Crippen molar-refractivity contribution >= 4 is 11.6 Å². The van der Waals surface area contributed by atoms with Gasteiger partial charge in [-0.15, -0.1) is 0 Å². The van der Waals surface area contributed by atoms with Gasteiger partial charge in [0.1, 0.15) is 0 Å². The second kappa shape index (κ2) is 7.01. The molecule has 0 saturated carbocycles. The Morgan fingerprint density at radius 1 is 1.39 bits per heavy atom. The molecule has 0 aliphatic heterocycles. The molecule has 0 heterocycles. The molecule has 0 unspecified atom stereocenters. The largest absolute Gasteiger partial charge is 0.398 e. The summed E-state index contributed by atoms with van der Waals surface area (Å²) in [6.07, 6.45) is 0. The van der Waals surface area contributed by atoms with Crippen LogP contribution in [0.15, 0.2) is 24.3 Å². The van der Waals surface area contributed by atoms with Gasteiger partial charge in [0.2, 0.25) is 0 Å². The summed E-state index contributed by atoms with van der Waals surface area (Å²) in [6.45, 7) is 5.99. The molecule has 0 aliphatic carbocycles. The van der Waals surface area contributed by atoms with Gasteiger partial charge >= 0.3 is 0 Å². The number of rotatable bonds is 6. The highest BCUT2D eigenvalue weighted by Gasteiger charge is 2.18. The fraction of sp³-hybridized carbons (Fsp3) is 0.500. The van der Waals surface area contributed by atoms with Crippen molar-refractivity contribution in [3.8, 4) is 0 Å². The minimum absolute atomic E-state index is 0.0288. The smallest absolute Gasteiger partial charge is 0.256 e. The molecule has 2 N–H and O–H groups in total. The van der Waals surface area contributed by atoms with Gasteiger partial charge in [-0.25, -0.2) is 0 Å². The molecule has 4 heteroatoms. The van der Waals surface area contributed by atoms with Gasteiger partial charge < -0.3 is 15.4 Å². The van der Waals surface area contributed by atoms with Crippen LogP contribution in [-0.2, 0) is 4.74 Å². The van der Waals surface area contributed by atoms with Gasteiger partial charge in [0.25, 0.3) is 5.91 Å². The van der Waals surface area contributed by atoms with Crippen molar-refractivity contribution in [2.75, 3.05) is 32.5 Å². The van der Waals surface area contributed by atoms with Crippen molar-refractivity contribution < 1.29 is 9.53 Å². The predicted octanol–water partition coefficient (Wildman–Crippen LogP) is 2.01. The van der Waals surface area contributed by atoms with E-state index in [1.54, 1.807) is 24.1 Å². The second-order valence-corrected chi connectivity index (χ2v) is 4.73. The zero-order valence-corrected chi connectivity index (χ0v) is 11.3. The number of hydrogen-bond acceptors (Lipinski definition) is 3. The molecule has 1 amide bonds. The van der Waals surface area contributed by atoms with Gasteiger partial charge in [0, 0.05) is 25.9 Å². The minimum atomic E-state index is -0.0288. The lowest BCUT2D eigenvalue weighted by Crippen LogP contribution is -2.37. The third kappa shape index (κ3) is 4.04. The average Bonchev–Trinajstić information content (AvgIpc) is 2.34. The number of carbonyl (C=O) groups excluding carboxylic acids is 1. The van der Waals surface area contributed by atoms with E-state index in [2.05, 4.69) is 13.8 Å². The van der Waals surface area contributed by atoms with E-state index in [0.29, 0.717) is 36.9 Å². The summed E-state index contributed by atoms with van der Waals surface area (Å²) < 4.78 is 5.05. The molecule has 0 bridgehead atoms. The van der Waals surface area contributed by atoms with Crippen LogP contribution in [0.25, 0.3) is 0 Å². The summed E-state index contributed by atoms with van der Waals surface area (Å²) in [5.41, 5.74) is 6.93. The van der Waals surface area contributed by atoms with E-state index in [9.17, 15) is 4.79 Å². The van der Waals surface area contributed by atoms with Crippen molar-refractivity contribution in [2.45, 2.75) is 13.8 Å². The SMILES string of the molecule is COCCN(CC(C)C)C(=O)c1ccccc1N. The lowest BCUT2D eigenvalue weighted by Gasteiger charge is -2.24. The van der Waals surface area contributed by atoms with Crippen LogP contribution in [0.2, 0.25) is 0 Å². The molecule has 0 atom stereocenters. The first kappa shape index (κ1) is 14.5. The maximum atomic E-state index is 12.4. The monoisotopic (exact) mass is 250 g/mol. The van der Waals surface area contributed by atoms with Gasteiger partial charge in [0.05, 0.1) is 12.2 Å². The third-order valence-corrected chi connectivity index (χ3v) is 2.63. The summed E-state index contributed by atoms with van der Waals surface area (Å²) in [4.78, 5) is 14.2. The highest BCUT2D eigenvalue weighted by molar-refractivity contribution is 5.99. The molecule has 0 spiro atoms. The molecular weight excluding hydrogens is 228 g/mol. The van der Waals surface area contributed by atoms with Crippen LogP contribution in [-0.4, -0.2) is 37.6 Å². The first-order chi connectivity index (χ1) is 8.56. The number of benzene rings is 1. The van der Waals surface area contributed by atoms with Crippen LogP contribution < -0.4 is 5.73 Å². The van der Waals surface area contributed by atoms with Gasteiger partial charge in [-0.3, -0.25) is 4.79 Å². The van der Waals surface area contributed by atoms with Crippen molar-refractivity contribution in [1.82, 2.24) is 4.90 Å². The maximum absolute atomic E-state index is 12.4. The Bertz CT molecular complexity index is 391. The summed E-state index contributed by atoms with van der Waals surface area (Å²) in [7, 11) is 1.63. The summed E-state index contributed by atoms with van der Waals surface area (Å²) >= 11 is 0. The van der Waals surface area contributed by atoms with E-state index in [0.717, 1.165) is 0 Å². The van der Waals surface area contributed by atoms with E-state index in [1.807, 2.05) is 12.1 Å². The molecule has 0 aliphatic rings. The van der Waals surface area contributed by atoms with E-state index in [4.69, 9.17) is 10.5 Å². The first-order valence-electron chi connectivity index (χ1n) is 6.19. The number of nitrogens with two attached hydrogens (primary N) is 1. The normalized spacial score (nSPS) is 10.7. The van der Waals surface area contributed by atoms with Crippen LogP contribution in [0, 0.1) is 5.92 Å². The molecule has 0 aromatic heterocycles. The Hall–Kier alpha value is -1.55. The number of anilines is 1. The van der Waals surface area contributed by atoms with E-state index < -0.39 is 0 Å². The number of methoxy groups -OCH3 is 1. The number of para-hydroxylation sites is 1. The van der Waals surface area contributed by atoms with Crippen LogP contribution >= 0.6 is 0 Å². The highest BCUT2D eigenvalue weighted by Crippen LogP contribution is 2.14. The first-order valence-corrected chi connectivity index (χ1v) is 6.19. The minimum Gasteiger partial charge on any atom is -0.398 e. The zero-order valence-electron chi connectivity index (χ0n) is 11.3. The third-order valence-electron chi connectivity index (χ3n) is 2.63.